The number of alkyl halides is 3. The van der Waals surface area contributed by atoms with Gasteiger partial charge in [0.2, 0.25) is 15.9 Å². The van der Waals surface area contributed by atoms with E-state index >= 15 is 0 Å². The van der Waals surface area contributed by atoms with Gasteiger partial charge in [0.1, 0.15) is 0 Å². The molecule has 6 nitrogen and oxygen atoms in total. The monoisotopic (exact) mass is 385 g/mol. The molecule has 0 unspecified atom stereocenters. The van der Waals surface area contributed by atoms with Crippen molar-refractivity contribution in [1.29, 1.82) is 0 Å². The number of halogens is 4. The minimum absolute atomic E-state index is 0.0158. The molecule has 0 radical (unpaired) electrons. The largest absolute Gasteiger partial charge is 0.417 e. The topological polar surface area (TPSA) is 83.7 Å². The van der Waals surface area contributed by atoms with E-state index in [1.165, 1.54) is 4.90 Å². The van der Waals surface area contributed by atoms with Crippen molar-refractivity contribution in [3.63, 3.8) is 0 Å². The first kappa shape index (κ1) is 19.0. The molecule has 0 atom stereocenters. The zero-order valence-corrected chi connectivity index (χ0v) is 14.0. The molecule has 0 aliphatic carbocycles. The fourth-order valence-corrected chi connectivity index (χ4v) is 4.01. The van der Waals surface area contributed by atoms with Crippen molar-refractivity contribution in [3.05, 3.63) is 28.8 Å². The molecule has 1 heterocycles. The average molecular weight is 386 g/mol. The first-order chi connectivity index (χ1) is 11.1. The van der Waals surface area contributed by atoms with Gasteiger partial charge in [-0.25, -0.2) is 8.42 Å². The summed E-state index contributed by atoms with van der Waals surface area (Å²) in [5, 5.41) is -0.570. The van der Waals surface area contributed by atoms with Crippen molar-refractivity contribution in [2.75, 3.05) is 32.7 Å². The molecule has 0 bridgehead atoms. The maximum absolute atomic E-state index is 12.9. The Morgan fingerprint density at radius 1 is 1.21 bits per heavy atom. The Balaban J connectivity index is 2.25. The number of nitrogens with zero attached hydrogens (tertiary/aromatic N) is 2. The molecule has 0 saturated carbocycles. The van der Waals surface area contributed by atoms with Crippen LogP contribution in [0.1, 0.15) is 5.56 Å². The lowest BCUT2D eigenvalue weighted by Gasteiger charge is -2.33. The molecule has 24 heavy (non-hydrogen) atoms. The van der Waals surface area contributed by atoms with E-state index in [-0.39, 0.29) is 38.6 Å². The Bertz CT molecular complexity index is 732. The van der Waals surface area contributed by atoms with Gasteiger partial charge in [-0.3, -0.25) is 4.79 Å². The predicted molar refractivity (Wildman–Crippen MR) is 80.8 cm³/mol. The first-order valence-electron chi connectivity index (χ1n) is 6.92. The lowest BCUT2D eigenvalue weighted by molar-refractivity contribution is -0.137. The Morgan fingerprint density at radius 2 is 1.79 bits per heavy atom. The van der Waals surface area contributed by atoms with Crippen LogP contribution in [0.15, 0.2) is 23.1 Å². The molecular weight excluding hydrogens is 371 g/mol. The smallest absolute Gasteiger partial charge is 0.339 e. The van der Waals surface area contributed by atoms with E-state index in [9.17, 15) is 26.4 Å². The summed E-state index contributed by atoms with van der Waals surface area (Å²) in [7, 11) is -4.11. The van der Waals surface area contributed by atoms with Crippen molar-refractivity contribution >= 4 is 27.5 Å². The highest BCUT2D eigenvalue weighted by atomic mass is 35.5. The highest BCUT2D eigenvalue weighted by Gasteiger charge is 2.36. The number of amides is 1. The van der Waals surface area contributed by atoms with Crippen LogP contribution in [0.4, 0.5) is 13.2 Å². The molecule has 2 N–H and O–H groups in total. The number of hydrogen-bond acceptors (Lipinski definition) is 4. The third kappa shape index (κ3) is 3.82. The van der Waals surface area contributed by atoms with E-state index in [0.29, 0.717) is 6.07 Å². The number of carbonyl (C=O) groups is 1. The standard InChI is InChI=1S/C13H15ClF3N3O3S/c14-11-2-1-9(7-10(11)13(15,16)17)24(22,23)20-5-3-19(4-6-20)12(21)8-18/h1-2,7H,3-6,8,18H2. The van der Waals surface area contributed by atoms with Gasteiger partial charge < -0.3 is 10.6 Å². The molecule has 1 aromatic rings. The number of benzene rings is 1. The van der Waals surface area contributed by atoms with Crippen molar-refractivity contribution in [1.82, 2.24) is 9.21 Å². The highest BCUT2D eigenvalue weighted by molar-refractivity contribution is 7.89. The predicted octanol–water partition coefficient (Wildman–Crippen LogP) is 1.15. The summed E-state index contributed by atoms with van der Waals surface area (Å²) in [5.74, 6) is -0.308. The summed E-state index contributed by atoms with van der Waals surface area (Å²) < 4.78 is 64.7. The van der Waals surface area contributed by atoms with Gasteiger partial charge in [-0.2, -0.15) is 17.5 Å². The second-order valence-corrected chi connectivity index (χ2v) is 7.47. The number of carbonyl (C=O) groups excluding carboxylic acids is 1. The molecular formula is C13H15ClF3N3O3S. The van der Waals surface area contributed by atoms with Gasteiger partial charge in [-0.1, -0.05) is 11.6 Å². The second kappa shape index (κ2) is 6.87. The van der Waals surface area contributed by atoms with E-state index in [4.69, 9.17) is 17.3 Å². The summed E-state index contributed by atoms with van der Waals surface area (Å²) in [6.45, 7) is 0.0545. The SMILES string of the molecule is NCC(=O)N1CCN(S(=O)(=O)c2ccc(Cl)c(C(F)(F)F)c2)CC1. The fraction of sp³-hybridized carbons (Fsp3) is 0.462. The van der Waals surface area contributed by atoms with Crippen LogP contribution in [-0.2, 0) is 21.0 Å². The molecule has 2 rings (SSSR count). The number of hydrogen-bond donors (Lipinski definition) is 1. The van der Waals surface area contributed by atoms with Crippen LogP contribution in [0.2, 0.25) is 5.02 Å². The lowest BCUT2D eigenvalue weighted by atomic mass is 10.2. The van der Waals surface area contributed by atoms with Gasteiger partial charge in [-0.15, -0.1) is 0 Å². The quantitative estimate of drug-likeness (QED) is 0.846. The lowest BCUT2D eigenvalue weighted by Crippen LogP contribution is -2.51. The molecule has 1 fully saturated rings. The van der Waals surface area contributed by atoms with Crippen molar-refractivity contribution in [3.8, 4) is 0 Å². The molecule has 0 spiro atoms. The van der Waals surface area contributed by atoms with Crippen LogP contribution < -0.4 is 5.73 Å². The van der Waals surface area contributed by atoms with E-state index in [0.717, 1.165) is 16.4 Å². The van der Waals surface area contributed by atoms with E-state index < -0.39 is 31.7 Å². The summed E-state index contributed by atoms with van der Waals surface area (Å²) in [6.07, 6.45) is -4.76. The minimum atomic E-state index is -4.76. The summed E-state index contributed by atoms with van der Waals surface area (Å²) in [6, 6.07) is 2.46. The molecule has 0 aromatic heterocycles. The zero-order chi connectivity index (χ0) is 18.1. The number of sulfonamides is 1. The summed E-state index contributed by atoms with van der Waals surface area (Å²) in [4.78, 5) is 12.4. The Labute approximate surface area is 142 Å². The van der Waals surface area contributed by atoms with Crippen molar-refractivity contribution in [2.45, 2.75) is 11.1 Å². The Kier molecular flexibility index (Phi) is 5.43. The fourth-order valence-electron chi connectivity index (χ4n) is 2.34. The van der Waals surface area contributed by atoms with Crippen LogP contribution in [-0.4, -0.2) is 56.3 Å². The summed E-state index contributed by atoms with van der Waals surface area (Å²) in [5.41, 5.74) is 4.04. The first-order valence-corrected chi connectivity index (χ1v) is 8.74. The van der Waals surface area contributed by atoms with E-state index in [1.54, 1.807) is 0 Å². The second-order valence-electron chi connectivity index (χ2n) is 5.13. The number of rotatable bonds is 3. The van der Waals surface area contributed by atoms with Crippen LogP contribution >= 0.6 is 11.6 Å². The normalized spacial score (nSPS) is 17.1. The van der Waals surface area contributed by atoms with Gasteiger partial charge in [0.25, 0.3) is 0 Å². The average Bonchev–Trinajstić information content (AvgIpc) is 2.53. The number of piperazine rings is 1. The third-order valence-corrected chi connectivity index (χ3v) is 5.87. The van der Waals surface area contributed by atoms with Gasteiger partial charge in [0, 0.05) is 26.2 Å². The van der Waals surface area contributed by atoms with Crippen LogP contribution in [0, 0.1) is 0 Å². The molecule has 1 saturated heterocycles. The van der Waals surface area contributed by atoms with E-state index in [2.05, 4.69) is 0 Å². The van der Waals surface area contributed by atoms with Gasteiger partial charge >= 0.3 is 6.18 Å². The molecule has 1 aliphatic heterocycles. The molecule has 1 aliphatic rings. The Hall–Kier alpha value is -1.36. The van der Waals surface area contributed by atoms with Gasteiger partial charge in [0.15, 0.2) is 0 Å². The maximum atomic E-state index is 12.9. The molecule has 1 aromatic carbocycles. The van der Waals surface area contributed by atoms with Gasteiger partial charge in [-0.05, 0) is 18.2 Å². The van der Waals surface area contributed by atoms with Crippen LogP contribution in [0.3, 0.4) is 0 Å². The minimum Gasteiger partial charge on any atom is -0.339 e. The maximum Gasteiger partial charge on any atom is 0.417 e. The zero-order valence-electron chi connectivity index (χ0n) is 12.4. The Morgan fingerprint density at radius 3 is 2.29 bits per heavy atom. The van der Waals surface area contributed by atoms with Gasteiger partial charge in [0.05, 0.1) is 22.0 Å². The highest BCUT2D eigenvalue weighted by Crippen LogP contribution is 2.36. The van der Waals surface area contributed by atoms with E-state index in [1.807, 2.05) is 0 Å². The number of nitrogens with two attached hydrogens (primary N) is 1. The molecule has 134 valence electrons. The molecule has 11 heteroatoms. The van der Waals surface area contributed by atoms with Crippen molar-refractivity contribution in [2.24, 2.45) is 5.73 Å². The van der Waals surface area contributed by atoms with Crippen LogP contribution in [0.25, 0.3) is 0 Å². The van der Waals surface area contributed by atoms with Crippen LogP contribution in [0.5, 0.6) is 0 Å². The third-order valence-electron chi connectivity index (χ3n) is 3.65. The summed E-state index contributed by atoms with van der Waals surface area (Å²) >= 11 is 5.50. The van der Waals surface area contributed by atoms with Crippen molar-refractivity contribution < 1.29 is 26.4 Å². The molecule has 1 amide bonds.